The van der Waals surface area contributed by atoms with Crippen molar-refractivity contribution in [3.05, 3.63) is 53.1 Å². The van der Waals surface area contributed by atoms with Crippen LogP contribution in [0.4, 0.5) is 5.69 Å². The average Bonchev–Trinajstić information content (AvgIpc) is 2.92. The Labute approximate surface area is 157 Å². The van der Waals surface area contributed by atoms with Crippen LogP contribution in [-0.4, -0.2) is 59.1 Å². The van der Waals surface area contributed by atoms with Crippen LogP contribution in [0.25, 0.3) is 0 Å². The molecule has 26 heavy (non-hydrogen) atoms. The third-order valence-corrected chi connectivity index (χ3v) is 5.62. The molecular formula is C20H20ClN3O2. The summed E-state index contributed by atoms with van der Waals surface area (Å²) in [5.41, 5.74) is 1.74. The van der Waals surface area contributed by atoms with Crippen LogP contribution in [0, 0.1) is 0 Å². The van der Waals surface area contributed by atoms with Gasteiger partial charge in [0, 0.05) is 37.2 Å². The molecule has 5 rings (SSSR count). The molecule has 3 aliphatic rings. The molecule has 2 saturated heterocycles. The van der Waals surface area contributed by atoms with E-state index >= 15 is 0 Å². The molecule has 1 unspecified atom stereocenters. The Morgan fingerprint density at radius 2 is 1.96 bits per heavy atom. The number of fused-ring (bicyclic) bond motifs is 3. The summed E-state index contributed by atoms with van der Waals surface area (Å²) in [6.07, 6.45) is 0.607. The Bertz CT molecular complexity index is 885. The van der Waals surface area contributed by atoms with E-state index < -0.39 is 0 Å². The first-order valence-electron chi connectivity index (χ1n) is 9.00. The van der Waals surface area contributed by atoms with Crippen LogP contribution in [0.3, 0.4) is 0 Å². The SMILES string of the molecule is OC1C[C@H]2CN(C3=Nc4cc(Cl)ccc4Oc4ccccc43)CCN2C1. The Kier molecular flexibility index (Phi) is 3.89. The number of hydrogen-bond acceptors (Lipinski definition) is 5. The number of hydrogen-bond donors (Lipinski definition) is 1. The summed E-state index contributed by atoms with van der Waals surface area (Å²) >= 11 is 6.19. The summed E-state index contributed by atoms with van der Waals surface area (Å²) in [6, 6.07) is 13.9. The van der Waals surface area contributed by atoms with E-state index in [1.54, 1.807) is 0 Å². The van der Waals surface area contributed by atoms with E-state index in [1.807, 2.05) is 36.4 Å². The molecule has 0 amide bonds. The normalized spacial score (nSPS) is 24.8. The van der Waals surface area contributed by atoms with Gasteiger partial charge in [0.2, 0.25) is 0 Å². The highest BCUT2D eigenvalue weighted by atomic mass is 35.5. The second kappa shape index (κ2) is 6.27. The predicted octanol–water partition coefficient (Wildman–Crippen LogP) is 3.27. The molecule has 0 aromatic heterocycles. The Morgan fingerprint density at radius 1 is 1.08 bits per heavy atom. The summed E-state index contributed by atoms with van der Waals surface area (Å²) < 4.78 is 6.13. The third-order valence-electron chi connectivity index (χ3n) is 5.39. The van der Waals surface area contributed by atoms with Gasteiger partial charge in [-0.05, 0) is 36.8 Å². The number of benzene rings is 2. The first kappa shape index (κ1) is 16.1. The van der Waals surface area contributed by atoms with Gasteiger partial charge in [0.15, 0.2) is 5.75 Å². The largest absolute Gasteiger partial charge is 0.454 e. The minimum atomic E-state index is -0.217. The van der Waals surface area contributed by atoms with Gasteiger partial charge in [0.25, 0.3) is 0 Å². The van der Waals surface area contributed by atoms with Crippen LogP contribution in [0.15, 0.2) is 47.5 Å². The maximum absolute atomic E-state index is 9.99. The van der Waals surface area contributed by atoms with E-state index in [1.165, 1.54) is 0 Å². The number of para-hydroxylation sites is 1. The van der Waals surface area contributed by atoms with E-state index in [4.69, 9.17) is 21.3 Å². The van der Waals surface area contributed by atoms with Crippen molar-refractivity contribution in [1.82, 2.24) is 9.80 Å². The van der Waals surface area contributed by atoms with E-state index in [2.05, 4.69) is 15.9 Å². The summed E-state index contributed by atoms with van der Waals surface area (Å²) in [6.45, 7) is 3.46. The zero-order valence-corrected chi connectivity index (χ0v) is 15.1. The van der Waals surface area contributed by atoms with Crippen molar-refractivity contribution in [3.63, 3.8) is 0 Å². The van der Waals surface area contributed by atoms with Crippen molar-refractivity contribution in [2.75, 3.05) is 26.2 Å². The lowest BCUT2D eigenvalue weighted by molar-refractivity contribution is 0.143. The lowest BCUT2D eigenvalue weighted by Gasteiger charge is -2.39. The minimum absolute atomic E-state index is 0.217. The molecule has 0 radical (unpaired) electrons. The van der Waals surface area contributed by atoms with Gasteiger partial charge in [0.05, 0.1) is 11.7 Å². The number of amidine groups is 1. The number of aliphatic hydroxyl groups is 1. The molecule has 3 aliphatic heterocycles. The second-order valence-corrected chi connectivity index (χ2v) is 7.57. The van der Waals surface area contributed by atoms with Crippen molar-refractivity contribution in [3.8, 4) is 11.5 Å². The van der Waals surface area contributed by atoms with Crippen molar-refractivity contribution in [2.24, 2.45) is 4.99 Å². The van der Waals surface area contributed by atoms with Gasteiger partial charge in [0.1, 0.15) is 17.3 Å². The minimum Gasteiger partial charge on any atom is -0.454 e. The Balaban J connectivity index is 1.57. The summed E-state index contributed by atoms with van der Waals surface area (Å²) in [5, 5.41) is 10.6. The van der Waals surface area contributed by atoms with E-state index in [-0.39, 0.29) is 6.10 Å². The highest BCUT2D eigenvalue weighted by molar-refractivity contribution is 6.31. The molecule has 2 aromatic rings. The molecule has 3 heterocycles. The molecule has 1 N–H and O–H groups in total. The highest BCUT2D eigenvalue weighted by Gasteiger charge is 2.37. The van der Waals surface area contributed by atoms with Gasteiger partial charge in [-0.25, -0.2) is 4.99 Å². The molecule has 5 nitrogen and oxygen atoms in total. The van der Waals surface area contributed by atoms with Crippen molar-refractivity contribution in [2.45, 2.75) is 18.6 Å². The highest BCUT2D eigenvalue weighted by Crippen LogP contribution is 2.40. The first-order valence-corrected chi connectivity index (χ1v) is 9.38. The van der Waals surface area contributed by atoms with Gasteiger partial charge in [-0.1, -0.05) is 23.7 Å². The number of nitrogens with zero attached hydrogens (tertiary/aromatic N) is 3. The van der Waals surface area contributed by atoms with Crippen molar-refractivity contribution >= 4 is 23.1 Å². The summed E-state index contributed by atoms with van der Waals surface area (Å²) in [7, 11) is 0. The van der Waals surface area contributed by atoms with E-state index in [0.717, 1.165) is 55.4 Å². The molecule has 0 aliphatic carbocycles. The maximum Gasteiger partial charge on any atom is 0.153 e. The van der Waals surface area contributed by atoms with Crippen molar-refractivity contribution < 1.29 is 9.84 Å². The first-order chi connectivity index (χ1) is 12.7. The zero-order chi connectivity index (χ0) is 17.7. The molecule has 6 heteroatoms. The van der Waals surface area contributed by atoms with Gasteiger partial charge in [-0.2, -0.15) is 0 Å². The molecular weight excluding hydrogens is 350 g/mol. The van der Waals surface area contributed by atoms with Crippen molar-refractivity contribution in [1.29, 1.82) is 0 Å². The topological polar surface area (TPSA) is 48.3 Å². The average molecular weight is 370 g/mol. The predicted molar refractivity (Wildman–Crippen MR) is 102 cm³/mol. The fraction of sp³-hybridized carbons (Fsp3) is 0.350. The van der Waals surface area contributed by atoms with E-state index in [0.29, 0.717) is 16.8 Å². The van der Waals surface area contributed by atoms with Crippen LogP contribution < -0.4 is 4.74 Å². The number of aliphatic imine (C=N–C) groups is 1. The number of aliphatic hydroxyl groups excluding tert-OH is 1. The molecule has 0 spiro atoms. The maximum atomic E-state index is 9.99. The fourth-order valence-electron chi connectivity index (χ4n) is 4.15. The lowest BCUT2D eigenvalue weighted by atomic mass is 10.1. The van der Waals surface area contributed by atoms with Crippen LogP contribution in [-0.2, 0) is 0 Å². The Morgan fingerprint density at radius 3 is 2.88 bits per heavy atom. The third kappa shape index (κ3) is 2.76. The van der Waals surface area contributed by atoms with Gasteiger partial charge in [-0.15, -0.1) is 0 Å². The van der Waals surface area contributed by atoms with E-state index in [9.17, 15) is 5.11 Å². The smallest absolute Gasteiger partial charge is 0.153 e. The summed E-state index contributed by atoms with van der Waals surface area (Å²) in [5.74, 6) is 2.44. The quantitative estimate of drug-likeness (QED) is 0.774. The van der Waals surface area contributed by atoms with Crippen LogP contribution in [0.2, 0.25) is 5.02 Å². The fourth-order valence-corrected chi connectivity index (χ4v) is 4.31. The summed E-state index contributed by atoms with van der Waals surface area (Å²) in [4.78, 5) is 9.65. The van der Waals surface area contributed by atoms with Crippen LogP contribution in [0.5, 0.6) is 11.5 Å². The standard InChI is InChI=1S/C20H20ClN3O2/c21-13-5-6-19-17(9-13)22-20(16-3-1-2-4-18(16)26-19)24-8-7-23-12-15(25)10-14(23)11-24/h1-6,9,14-15,25H,7-8,10-12H2/t14-,15?/m0/s1. The number of ether oxygens (including phenoxy) is 1. The number of rotatable bonds is 0. The molecule has 2 aromatic carbocycles. The number of halogens is 1. The van der Waals surface area contributed by atoms with Gasteiger partial charge in [-0.3, -0.25) is 4.90 Å². The van der Waals surface area contributed by atoms with Crippen LogP contribution >= 0.6 is 11.6 Å². The zero-order valence-electron chi connectivity index (χ0n) is 14.3. The second-order valence-electron chi connectivity index (χ2n) is 7.13. The van der Waals surface area contributed by atoms with Crippen LogP contribution in [0.1, 0.15) is 12.0 Å². The number of piperazine rings is 1. The molecule has 0 saturated carbocycles. The molecule has 134 valence electrons. The molecule has 0 bridgehead atoms. The molecule has 2 atom stereocenters. The molecule has 2 fully saturated rings. The van der Waals surface area contributed by atoms with Gasteiger partial charge < -0.3 is 14.7 Å². The lowest BCUT2D eigenvalue weighted by Crippen LogP contribution is -2.52. The Hall–Kier alpha value is -2.08. The van der Waals surface area contributed by atoms with Gasteiger partial charge >= 0.3 is 0 Å². The monoisotopic (exact) mass is 369 g/mol.